The molecule has 0 amide bonds. The van der Waals surface area contributed by atoms with Gasteiger partial charge in [0.25, 0.3) is 0 Å². The second-order valence-electron chi connectivity index (χ2n) is 10.4. The number of carbonyl (C=O) groups excluding carboxylic acids is 2. The van der Waals surface area contributed by atoms with E-state index in [0.29, 0.717) is 28.3 Å². The lowest BCUT2D eigenvalue weighted by Crippen LogP contribution is -2.41. The van der Waals surface area contributed by atoms with Gasteiger partial charge < -0.3 is 14.3 Å². The molecule has 0 unspecified atom stereocenters. The van der Waals surface area contributed by atoms with Crippen LogP contribution in [0.2, 0.25) is 5.02 Å². The standard InChI is InChI=1S/C26H32ClNO6/c1-24(2,15-25(3,4)17-33-28-31)16-32-23(30)26(5,6)34-21-13-9-19(10-14-21)22(29)18-7-11-20(27)12-8-18/h7-14H,15-17H2,1-6H3. The van der Waals surface area contributed by atoms with Crippen LogP contribution in [-0.4, -0.2) is 30.6 Å². The van der Waals surface area contributed by atoms with Crippen molar-refractivity contribution in [3.8, 4) is 5.75 Å². The fourth-order valence-electron chi connectivity index (χ4n) is 3.81. The van der Waals surface area contributed by atoms with Gasteiger partial charge in [0.1, 0.15) is 12.4 Å². The Bertz CT molecular complexity index is 997. The van der Waals surface area contributed by atoms with Gasteiger partial charge in [0.05, 0.1) is 6.61 Å². The molecule has 2 aromatic rings. The number of hydrogen-bond acceptors (Lipinski definition) is 7. The van der Waals surface area contributed by atoms with Gasteiger partial charge in [-0.05, 0) is 74.2 Å². The van der Waals surface area contributed by atoms with Crippen LogP contribution in [0.3, 0.4) is 0 Å². The number of hydrogen-bond donors (Lipinski definition) is 0. The van der Waals surface area contributed by atoms with E-state index in [9.17, 15) is 14.5 Å². The number of rotatable bonds is 12. The lowest BCUT2D eigenvalue weighted by Gasteiger charge is -2.34. The van der Waals surface area contributed by atoms with Gasteiger partial charge >= 0.3 is 5.97 Å². The monoisotopic (exact) mass is 489 g/mol. The van der Waals surface area contributed by atoms with Crippen molar-refractivity contribution in [2.24, 2.45) is 16.2 Å². The Hall–Kier alpha value is -2.93. The Kier molecular flexibility index (Phi) is 8.83. The van der Waals surface area contributed by atoms with Crippen molar-refractivity contribution >= 4 is 23.4 Å². The molecule has 2 rings (SSSR count). The molecule has 7 nitrogen and oxygen atoms in total. The summed E-state index contributed by atoms with van der Waals surface area (Å²) in [4.78, 5) is 40.3. The van der Waals surface area contributed by atoms with E-state index in [-0.39, 0.29) is 29.8 Å². The van der Waals surface area contributed by atoms with Gasteiger partial charge in [-0.15, -0.1) is 4.91 Å². The first-order chi connectivity index (χ1) is 15.7. The molecule has 8 heteroatoms. The molecule has 2 aromatic carbocycles. The maximum absolute atomic E-state index is 12.7. The zero-order chi connectivity index (χ0) is 25.6. The number of benzene rings is 2. The molecule has 184 valence electrons. The molecule has 0 N–H and O–H groups in total. The van der Waals surface area contributed by atoms with Gasteiger partial charge in [0, 0.05) is 21.6 Å². The molecular weight excluding hydrogens is 458 g/mol. The minimum absolute atomic E-state index is 0.138. The van der Waals surface area contributed by atoms with Crippen molar-refractivity contribution in [1.29, 1.82) is 0 Å². The van der Waals surface area contributed by atoms with E-state index >= 15 is 0 Å². The van der Waals surface area contributed by atoms with E-state index in [4.69, 9.17) is 21.1 Å². The molecule has 0 aliphatic carbocycles. The third-order valence-electron chi connectivity index (χ3n) is 5.15. The van der Waals surface area contributed by atoms with Gasteiger partial charge in [0.2, 0.25) is 0 Å². The Balaban J connectivity index is 1.96. The summed E-state index contributed by atoms with van der Waals surface area (Å²) in [5.41, 5.74) is -0.890. The highest BCUT2D eigenvalue weighted by Crippen LogP contribution is 2.34. The third-order valence-corrected chi connectivity index (χ3v) is 5.40. The average Bonchev–Trinajstić information content (AvgIpc) is 2.75. The Labute approximate surface area is 205 Å². The van der Waals surface area contributed by atoms with Crippen LogP contribution < -0.4 is 4.74 Å². The summed E-state index contributed by atoms with van der Waals surface area (Å²) in [6, 6.07) is 13.3. The number of ether oxygens (including phenoxy) is 2. The lowest BCUT2D eigenvalue weighted by molar-refractivity contribution is -0.163. The summed E-state index contributed by atoms with van der Waals surface area (Å²) in [6.45, 7) is 11.5. The minimum Gasteiger partial charge on any atom is -0.476 e. The van der Waals surface area contributed by atoms with Crippen LogP contribution in [0, 0.1) is 15.7 Å². The molecule has 0 fully saturated rings. The molecule has 0 aliphatic heterocycles. The SMILES string of the molecule is CC(C)(CON=O)CC(C)(C)COC(=O)C(C)(C)Oc1ccc(C(=O)c2ccc(Cl)cc2)cc1. The van der Waals surface area contributed by atoms with Crippen molar-refractivity contribution in [1.82, 2.24) is 0 Å². The van der Waals surface area contributed by atoms with Crippen LogP contribution >= 0.6 is 11.6 Å². The van der Waals surface area contributed by atoms with Crippen LogP contribution in [0.4, 0.5) is 0 Å². The summed E-state index contributed by atoms with van der Waals surface area (Å²) < 4.78 is 11.4. The maximum Gasteiger partial charge on any atom is 0.349 e. The van der Waals surface area contributed by atoms with Crippen LogP contribution in [-0.2, 0) is 14.4 Å². The van der Waals surface area contributed by atoms with Gasteiger partial charge in [0.15, 0.2) is 16.7 Å². The maximum atomic E-state index is 12.7. The Morgan fingerprint density at radius 2 is 1.32 bits per heavy atom. The molecule has 0 bridgehead atoms. The molecular formula is C26H32ClNO6. The second-order valence-corrected chi connectivity index (χ2v) is 10.8. The largest absolute Gasteiger partial charge is 0.476 e. The van der Waals surface area contributed by atoms with Crippen molar-refractivity contribution in [2.45, 2.75) is 53.6 Å². The van der Waals surface area contributed by atoms with Gasteiger partial charge in [-0.2, -0.15) is 0 Å². The highest BCUT2D eigenvalue weighted by molar-refractivity contribution is 6.30. The molecule has 0 radical (unpaired) electrons. The van der Waals surface area contributed by atoms with E-state index in [1.165, 1.54) is 0 Å². The van der Waals surface area contributed by atoms with E-state index < -0.39 is 11.6 Å². The van der Waals surface area contributed by atoms with Crippen molar-refractivity contribution in [2.75, 3.05) is 13.2 Å². The number of nitrogens with zero attached hydrogens (tertiary/aromatic N) is 1. The van der Waals surface area contributed by atoms with Crippen LogP contribution in [0.1, 0.15) is 63.9 Å². The van der Waals surface area contributed by atoms with Crippen molar-refractivity contribution in [3.63, 3.8) is 0 Å². The highest BCUT2D eigenvalue weighted by atomic mass is 35.5. The molecule has 0 atom stereocenters. The Morgan fingerprint density at radius 1 is 0.824 bits per heavy atom. The van der Waals surface area contributed by atoms with Crippen LogP contribution in [0.5, 0.6) is 5.75 Å². The Morgan fingerprint density at radius 3 is 1.85 bits per heavy atom. The van der Waals surface area contributed by atoms with E-state index in [1.807, 2.05) is 27.7 Å². The molecule has 0 aliphatic rings. The zero-order valence-electron chi connectivity index (χ0n) is 20.5. The van der Waals surface area contributed by atoms with E-state index in [0.717, 1.165) is 0 Å². The summed E-state index contributed by atoms with van der Waals surface area (Å²) in [5.74, 6) is -0.208. The number of halogens is 1. The fraction of sp³-hybridized carbons (Fsp3) is 0.462. The quantitative estimate of drug-likeness (QED) is 0.148. The van der Waals surface area contributed by atoms with Gasteiger partial charge in [-0.3, -0.25) is 4.79 Å². The predicted molar refractivity (Wildman–Crippen MR) is 131 cm³/mol. The van der Waals surface area contributed by atoms with Crippen molar-refractivity contribution in [3.05, 3.63) is 69.6 Å². The first-order valence-electron chi connectivity index (χ1n) is 11.0. The van der Waals surface area contributed by atoms with Gasteiger partial charge in [-0.25, -0.2) is 4.79 Å². The predicted octanol–water partition coefficient (Wildman–Crippen LogP) is 6.41. The summed E-state index contributed by atoms with van der Waals surface area (Å²) in [7, 11) is 0. The van der Waals surface area contributed by atoms with E-state index in [2.05, 4.69) is 10.2 Å². The third kappa shape index (κ3) is 8.13. The fourth-order valence-corrected chi connectivity index (χ4v) is 3.94. The normalized spacial score (nSPS) is 12.1. The molecule has 0 saturated carbocycles. The van der Waals surface area contributed by atoms with Crippen LogP contribution in [0.15, 0.2) is 53.9 Å². The zero-order valence-corrected chi connectivity index (χ0v) is 21.3. The van der Waals surface area contributed by atoms with E-state index in [1.54, 1.807) is 62.4 Å². The minimum atomic E-state index is -1.24. The van der Waals surface area contributed by atoms with Crippen molar-refractivity contribution < 1.29 is 23.9 Å². The number of ketones is 1. The smallest absolute Gasteiger partial charge is 0.349 e. The first kappa shape index (κ1) is 27.3. The average molecular weight is 490 g/mol. The summed E-state index contributed by atoms with van der Waals surface area (Å²) >= 11 is 5.88. The molecule has 0 heterocycles. The van der Waals surface area contributed by atoms with Crippen LogP contribution in [0.25, 0.3) is 0 Å². The number of carbonyl (C=O) groups is 2. The number of esters is 1. The first-order valence-corrected chi connectivity index (χ1v) is 11.3. The molecule has 34 heavy (non-hydrogen) atoms. The molecule has 0 spiro atoms. The summed E-state index contributed by atoms with van der Waals surface area (Å²) in [6.07, 6.45) is 0.646. The second kappa shape index (κ2) is 11.0. The highest BCUT2D eigenvalue weighted by Gasteiger charge is 2.36. The lowest BCUT2D eigenvalue weighted by atomic mass is 9.76. The molecule has 0 saturated heterocycles. The van der Waals surface area contributed by atoms with Gasteiger partial charge in [-0.1, -0.05) is 39.3 Å². The molecule has 0 aromatic heterocycles. The summed E-state index contributed by atoms with van der Waals surface area (Å²) in [5, 5.41) is 3.02. The topological polar surface area (TPSA) is 91.3 Å².